The molecule has 0 fully saturated rings. The first-order valence-electron chi connectivity index (χ1n) is 10.4. The Labute approximate surface area is 210 Å². The van der Waals surface area contributed by atoms with Gasteiger partial charge < -0.3 is 10.1 Å². The lowest BCUT2D eigenvalue weighted by atomic mass is 9.99. The first-order valence-corrected chi connectivity index (χ1v) is 12.9. The maximum Gasteiger partial charge on any atom is 0.325 e. The summed E-state index contributed by atoms with van der Waals surface area (Å²) in [4.78, 5) is 30.4. The second-order valence-corrected chi connectivity index (χ2v) is 10.6. The first kappa shape index (κ1) is 24.9. The number of urea groups is 1. The van der Waals surface area contributed by atoms with Gasteiger partial charge >= 0.3 is 6.03 Å². The number of ether oxygens (including phenoxy) is 1. The molecule has 0 bridgehead atoms. The van der Waals surface area contributed by atoms with E-state index in [1.165, 1.54) is 20.4 Å². The summed E-state index contributed by atoms with van der Waals surface area (Å²) in [5.41, 5.74) is 1.78. The summed E-state index contributed by atoms with van der Waals surface area (Å²) in [6.07, 6.45) is 1.35. The van der Waals surface area contributed by atoms with Gasteiger partial charge in [0, 0.05) is 23.7 Å². The molecule has 0 aliphatic carbocycles. The van der Waals surface area contributed by atoms with Crippen LogP contribution in [0, 0.1) is 6.92 Å². The lowest BCUT2D eigenvalue weighted by Gasteiger charge is -2.13. The molecule has 0 aliphatic rings. The van der Waals surface area contributed by atoms with Crippen LogP contribution in [0.1, 0.15) is 26.4 Å². The Balaban J connectivity index is 1.49. The van der Waals surface area contributed by atoms with E-state index in [1.54, 1.807) is 42.5 Å². The fourth-order valence-corrected chi connectivity index (χ4v) is 5.83. The Morgan fingerprint density at radius 2 is 1.89 bits per heavy atom. The second kappa shape index (κ2) is 10.2. The molecule has 0 unspecified atom stereocenters. The van der Waals surface area contributed by atoms with Crippen molar-refractivity contribution in [1.29, 1.82) is 0 Å². The number of nitrogens with zero attached hydrogens (tertiary/aromatic N) is 5. The fraction of sp³-hybridized carbons (Fsp3) is 0.182. The lowest BCUT2D eigenvalue weighted by molar-refractivity contribution is 0.103. The Kier molecular flexibility index (Phi) is 7.07. The maximum atomic E-state index is 13.3. The zero-order chi connectivity index (χ0) is 25.9. The number of aryl methyl sites for hydroxylation is 2. The van der Waals surface area contributed by atoms with Gasteiger partial charge in [-0.2, -0.15) is 0 Å². The van der Waals surface area contributed by atoms with Crippen molar-refractivity contribution in [3.63, 3.8) is 0 Å². The third kappa shape index (κ3) is 5.39. The van der Waals surface area contributed by atoms with E-state index in [1.807, 2.05) is 6.92 Å². The van der Waals surface area contributed by atoms with E-state index in [9.17, 15) is 18.0 Å². The molecule has 0 saturated heterocycles. The molecule has 36 heavy (non-hydrogen) atoms. The van der Waals surface area contributed by atoms with Crippen molar-refractivity contribution in [3.05, 3.63) is 70.2 Å². The number of hydrogen-bond acceptors (Lipinski definition) is 10. The van der Waals surface area contributed by atoms with Crippen LogP contribution in [0.4, 0.5) is 15.6 Å². The van der Waals surface area contributed by atoms with E-state index in [0.717, 1.165) is 21.6 Å². The quantitative estimate of drug-likeness (QED) is 0.329. The van der Waals surface area contributed by atoms with Crippen LogP contribution in [0.25, 0.3) is 0 Å². The molecule has 0 atom stereocenters. The lowest BCUT2D eigenvalue weighted by Crippen LogP contribution is -2.21. The molecule has 2 amide bonds. The number of sulfone groups is 1. The highest BCUT2D eigenvalue weighted by atomic mass is 32.2. The van der Waals surface area contributed by atoms with Gasteiger partial charge in [-0.1, -0.05) is 28.9 Å². The van der Waals surface area contributed by atoms with Gasteiger partial charge in [0.15, 0.2) is 10.9 Å². The van der Waals surface area contributed by atoms with Gasteiger partial charge in [-0.3, -0.25) is 10.1 Å². The average molecular weight is 528 g/mol. The van der Waals surface area contributed by atoms with Gasteiger partial charge in [0.2, 0.25) is 9.84 Å². The molecule has 4 aromatic rings. The number of methoxy groups -OCH3 is 1. The van der Waals surface area contributed by atoms with Gasteiger partial charge in [0.05, 0.1) is 24.1 Å². The van der Waals surface area contributed by atoms with Gasteiger partial charge in [-0.05, 0) is 41.6 Å². The summed E-state index contributed by atoms with van der Waals surface area (Å²) in [5.74, 6) is -0.272. The highest BCUT2D eigenvalue weighted by Gasteiger charge is 2.24. The van der Waals surface area contributed by atoms with Gasteiger partial charge in [0.25, 0.3) is 5.16 Å². The van der Waals surface area contributed by atoms with E-state index < -0.39 is 15.9 Å². The van der Waals surface area contributed by atoms with E-state index in [0.29, 0.717) is 21.9 Å². The number of hydrogen-bond donors (Lipinski definition) is 2. The van der Waals surface area contributed by atoms with Gasteiger partial charge in [0.1, 0.15) is 5.75 Å². The third-order valence-electron chi connectivity index (χ3n) is 4.99. The molecular weight excluding hydrogens is 506 g/mol. The van der Waals surface area contributed by atoms with E-state index in [2.05, 4.69) is 31.1 Å². The molecule has 0 saturated carbocycles. The molecule has 0 aliphatic heterocycles. The normalized spacial score (nSPS) is 11.2. The zero-order valence-electron chi connectivity index (χ0n) is 19.4. The van der Waals surface area contributed by atoms with Crippen LogP contribution in [0.3, 0.4) is 0 Å². The Morgan fingerprint density at radius 1 is 1.11 bits per heavy atom. The van der Waals surface area contributed by atoms with Crippen LogP contribution in [0.2, 0.25) is 0 Å². The number of ketones is 1. The van der Waals surface area contributed by atoms with Crippen LogP contribution in [0.5, 0.6) is 5.75 Å². The van der Waals surface area contributed by atoms with E-state index in [-0.39, 0.29) is 27.4 Å². The molecule has 2 aromatic carbocycles. The molecule has 0 radical (unpaired) electrons. The summed E-state index contributed by atoms with van der Waals surface area (Å²) in [7, 11) is -0.890. The molecule has 12 nitrogen and oxygen atoms in total. The fourth-order valence-electron chi connectivity index (χ4n) is 3.35. The minimum absolute atomic E-state index is 0.179. The Morgan fingerprint density at radius 3 is 2.61 bits per heavy atom. The van der Waals surface area contributed by atoms with Crippen LogP contribution in [0.15, 0.2) is 53.8 Å². The summed E-state index contributed by atoms with van der Waals surface area (Å²) < 4.78 is 31.4. The standard InChI is InChI=1S/C22H21N7O5S2/c1-13-8-9-17(16(10-13)19(30)15-6-4-5-7-18(15)34-3)24-20(31)25-21-23-11-14(35-21)12-36(32,33)22-26-27-28-29(22)2/h4-11H,12H2,1-3H3,(H2,23,24,25,31). The first-order chi connectivity index (χ1) is 17.2. The van der Waals surface area contributed by atoms with Crippen molar-refractivity contribution in [2.75, 3.05) is 17.7 Å². The monoisotopic (exact) mass is 527 g/mol. The average Bonchev–Trinajstić information content (AvgIpc) is 3.48. The third-order valence-corrected chi connectivity index (χ3v) is 7.67. The number of carbonyl (C=O) groups is 2. The predicted molar refractivity (Wildman–Crippen MR) is 132 cm³/mol. The van der Waals surface area contributed by atoms with Crippen molar-refractivity contribution in [2.24, 2.45) is 7.05 Å². The van der Waals surface area contributed by atoms with Gasteiger partial charge in [-0.15, -0.1) is 11.3 Å². The number of thiazole rings is 1. The van der Waals surface area contributed by atoms with Crippen LogP contribution in [-0.4, -0.2) is 52.5 Å². The number of para-hydroxylation sites is 1. The number of anilines is 2. The number of nitrogens with one attached hydrogen (secondary N) is 2. The Hall–Kier alpha value is -4.17. The van der Waals surface area contributed by atoms with Crippen LogP contribution in [-0.2, 0) is 22.6 Å². The predicted octanol–water partition coefficient (Wildman–Crippen LogP) is 2.83. The van der Waals surface area contributed by atoms with Crippen LogP contribution >= 0.6 is 11.3 Å². The minimum atomic E-state index is -3.79. The SMILES string of the molecule is COc1ccccc1C(=O)c1cc(C)ccc1NC(=O)Nc1ncc(CS(=O)(=O)c2nnnn2C)s1. The molecule has 2 N–H and O–H groups in total. The summed E-state index contributed by atoms with van der Waals surface area (Å²) in [6.45, 7) is 1.84. The summed E-state index contributed by atoms with van der Waals surface area (Å²) >= 11 is 0.993. The molecular formula is C22H21N7O5S2. The zero-order valence-corrected chi connectivity index (χ0v) is 21.1. The summed E-state index contributed by atoms with van der Waals surface area (Å²) in [5, 5.41) is 15.5. The Bertz CT molecular complexity index is 1550. The molecule has 2 heterocycles. The van der Waals surface area contributed by atoms with Crippen LogP contribution < -0.4 is 15.4 Å². The van der Waals surface area contributed by atoms with Crippen molar-refractivity contribution in [2.45, 2.75) is 17.8 Å². The van der Waals surface area contributed by atoms with Crippen molar-refractivity contribution in [1.82, 2.24) is 25.2 Å². The minimum Gasteiger partial charge on any atom is -0.496 e. The summed E-state index contributed by atoms with van der Waals surface area (Å²) in [6, 6.07) is 11.3. The molecule has 186 valence electrons. The van der Waals surface area contributed by atoms with Crippen molar-refractivity contribution < 1.29 is 22.7 Å². The molecule has 14 heteroatoms. The molecule has 4 rings (SSSR count). The van der Waals surface area contributed by atoms with E-state index in [4.69, 9.17) is 4.74 Å². The largest absolute Gasteiger partial charge is 0.496 e. The van der Waals surface area contributed by atoms with Crippen molar-refractivity contribution >= 4 is 43.8 Å². The number of carbonyl (C=O) groups excluding carboxylic acids is 2. The topological polar surface area (TPSA) is 158 Å². The number of rotatable bonds is 8. The highest BCUT2D eigenvalue weighted by Crippen LogP contribution is 2.27. The second-order valence-electron chi connectivity index (χ2n) is 7.63. The van der Waals surface area contributed by atoms with Crippen molar-refractivity contribution in [3.8, 4) is 5.75 Å². The number of benzene rings is 2. The maximum absolute atomic E-state index is 13.3. The number of amides is 2. The van der Waals surface area contributed by atoms with E-state index >= 15 is 0 Å². The smallest absolute Gasteiger partial charge is 0.325 e. The molecule has 2 aromatic heterocycles. The molecule has 0 spiro atoms. The number of aromatic nitrogens is 5. The number of tetrazole rings is 1. The van der Waals surface area contributed by atoms with Gasteiger partial charge in [-0.25, -0.2) is 22.9 Å². The highest BCUT2D eigenvalue weighted by molar-refractivity contribution is 7.90.